The van der Waals surface area contributed by atoms with Gasteiger partial charge in [0.15, 0.2) is 0 Å². The van der Waals surface area contributed by atoms with Gasteiger partial charge in [0, 0.05) is 5.69 Å². The van der Waals surface area contributed by atoms with E-state index in [0.29, 0.717) is 10.7 Å². The van der Waals surface area contributed by atoms with Crippen LogP contribution in [0, 0.1) is 6.92 Å². The van der Waals surface area contributed by atoms with E-state index in [1.807, 2.05) is 43.3 Å². The third-order valence-electron chi connectivity index (χ3n) is 3.06. The molecule has 1 atom stereocenters. The third kappa shape index (κ3) is 3.19. The molecule has 19 heavy (non-hydrogen) atoms. The number of halogens is 1. The molecule has 0 fully saturated rings. The van der Waals surface area contributed by atoms with E-state index < -0.39 is 0 Å². The van der Waals surface area contributed by atoms with Crippen LogP contribution in [0.5, 0.6) is 0 Å². The fraction of sp³-hybridized carbons (Fsp3) is 0.200. The number of benzene rings is 2. The van der Waals surface area contributed by atoms with Gasteiger partial charge in [-0.3, -0.25) is 0 Å². The lowest BCUT2D eigenvalue weighted by Crippen LogP contribution is -2.15. The van der Waals surface area contributed by atoms with Gasteiger partial charge in [-0.2, -0.15) is 0 Å². The lowest BCUT2D eigenvalue weighted by Gasteiger charge is -2.20. The van der Waals surface area contributed by atoms with E-state index in [1.54, 1.807) is 6.07 Å². The lowest BCUT2D eigenvalue weighted by molar-refractivity contribution is 0.276. The Hall–Kier alpha value is -1.71. The van der Waals surface area contributed by atoms with E-state index >= 15 is 0 Å². The molecule has 0 radical (unpaired) electrons. The molecule has 0 amide bonds. The van der Waals surface area contributed by atoms with Crippen molar-refractivity contribution in [2.75, 3.05) is 17.7 Å². The minimum atomic E-state index is -0.167. The van der Waals surface area contributed by atoms with Crippen LogP contribution >= 0.6 is 11.6 Å². The highest BCUT2D eigenvalue weighted by Gasteiger charge is 2.12. The highest BCUT2D eigenvalue weighted by molar-refractivity contribution is 6.33. The predicted molar refractivity (Wildman–Crippen MR) is 80.5 cm³/mol. The highest BCUT2D eigenvalue weighted by atomic mass is 35.5. The first-order chi connectivity index (χ1) is 9.11. The topological polar surface area (TPSA) is 58.3 Å². The van der Waals surface area contributed by atoms with Crippen LogP contribution in [-0.4, -0.2) is 11.7 Å². The summed E-state index contributed by atoms with van der Waals surface area (Å²) in [5, 5.41) is 13.3. The zero-order valence-electron chi connectivity index (χ0n) is 10.7. The summed E-state index contributed by atoms with van der Waals surface area (Å²) in [6.45, 7) is 1.96. The van der Waals surface area contributed by atoms with Crippen molar-refractivity contribution in [3.63, 3.8) is 0 Å². The van der Waals surface area contributed by atoms with E-state index in [2.05, 4.69) is 5.32 Å². The first kappa shape index (κ1) is 13.7. The molecule has 0 aliphatic heterocycles. The zero-order valence-corrected chi connectivity index (χ0v) is 11.5. The quantitative estimate of drug-likeness (QED) is 0.751. The average Bonchev–Trinajstić information content (AvgIpc) is 2.42. The molecule has 0 spiro atoms. The number of rotatable bonds is 4. The molecule has 4 N–H and O–H groups in total. The van der Waals surface area contributed by atoms with Crippen LogP contribution in [0.1, 0.15) is 17.2 Å². The second-order valence-corrected chi connectivity index (χ2v) is 4.89. The molecule has 0 bridgehead atoms. The Morgan fingerprint density at radius 1 is 1.26 bits per heavy atom. The van der Waals surface area contributed by atoms with Crippen molar-refractivity contribution in [3.8, 4) is 0 Å². The fourth-order valence-corrected chi connectivity index (χ4v) is 2.13. The summed E-state index contributed by atoms with van der Waals surface area (Å²) >= 11 is 6.03. The summed E-state index contributed by atoms with van der Waals surface area (Å²) in [5.41, 5.74) is 9.21. The molecule has 2 rings (SSSR count). The van der Waals surface area contributed by atoms with Crippen molar-refractivity contribution < 1.29 is 5.11 Å². The molecule has 0 saturated heterocycles. The van der Waals surface area contributed by atoms with Crippen LogP contribution in [0.25, 0.3) is 0 Å². The molecule has 4 heteroatoms. The first-order valence-electron chi connectivity index (χ1n) is 6.09. The normalized spacial score (nSPS) is 12.2. The minimum Gasteiger partial charge on any atom is -0.398 e. The van der Waals surface area contributed by atoms with Crippen LogP contribution in [0.15, 0.2) is 42.5 Å². The molecule has 0 aromatic heterocycles. The minimum absolute atomic E-state index is 0.00541. The Kier molecular flexibility index (Phi) is 4.30. The number of aryl methyl sites for hydroxylation is 1. The largest absolute Gasteiger partial charge is 0.398 e. The molecular formula is C15H17ClN2O. The number of aliphatic hydroxyl groups is 1. The molecule has 2 aromatic carbocycles. The zero-order chi connectivity index (χ0) is 13.8. The maximum Gasteiger partial charge on any atom is 0.0745 e. The van der Waals surface area contributed by atoms with E-state index in [4.69, 9.17) is 17.3 Å². The van der Waals surface area contributed by atoms with Crippen molar-refractivity contribution in [1.82, 2.24) is 0 Å². The summed E-state index contributed by atoms with van der Waals surface area (Å²) < 4.78 is 0. The molecule has 1 unspecified atom stereocenters. The number of hydrogen-bond donors (Lipinski definition) is 3. The highest BCUT2D eigenvalue weighted by Crippen LogP contribution is 2.29. The molecule has 0 aliphatic rings. The van der Waals surface area contributed by atoms with Crippen molar-refractivity contribution in [3.05, 3.63) is 58.6 Å². The number of nitrogens with one attached hydrogen (secondary N) is 1. The molecule has 0 aliphatic carbocycles. The molecule has 0 saturated carbocycles. The first-order valence-corrected chi connectivity index (χ1v) is 6.47. The monoisotopic (exact) mass is 276 g/mol. The van der Waals surface area contributed by atoms with Crippen LogP contribution in [0.2, 0.25) is 5.02 Å². The molecule has 0 heterocycles. The van der Waals surface area contributed by atoms with Crippen molar-refractivity contribution in [2.45, 2.75) is 13.0 Å². The molecule has 100 valence electrons. The number of anilines is 2. The summed E-state index contributed by atoms with van der Waals surface area (Å²) in [6.07, 6.45) is 0. The summed E-state index contributed by atoms with van der Waals surface area (Å²) in [4.78, 5) is 0. The van der Waals surface area contributed by atoms with E-state index in [9.17, 15) is 5.11 Å². The van der Waals surface area contributed by atoms with Crippen molar-refractivity contribution >= 4 is 23.0 Å². The van der Waals surface area contributed by atoms with Gasteiger partial charge in [-0.25, -0.2) is 0 Å². The summed E-state index contributed by atoms with van der Waals surface area (Å²) in [6, 6.07) is 13.2. The van der Waals surface area contributed by atoms with Gasteiger partial charge in [0.1, 0.15) is 0 Å². The Balaban J connectivity index is 2.26. The van der Waals surface area contributed by atoms with Gasteiger partial charge in [0.2, 0.25) is 0 Å². The summed E-state index contributed by atoms with van der Waals surface area (Å²) in [7, 11) is 0. The van der Waals surface area contributed by atoms with Gasteiger partial charge in [-0.05, 0) is 30.2 Å². The van der Waals surface area contributed by atoms with E-state index in [-0.39, 0.29) is 12.6 Å². The molecule has 3 nitrogen and oxygen atoms in total. The number of nitrogen functional groups attached to an aromatic ring is 1. The Morgan fingerprint density at radius 2 is 1.95 bits per heavy atom. The summed E-state index contributed by atoms with van der Waals surface area (Å²) in [5.74, 6) is 0. The number of hydrogen-bond acceptors (Lipinski definition) is 3. The second-order valence-electron chi connectivity index (χ2n) is 4.48. The average molecular weight is 277 g/mol. The van der Waals surface area contributed by atoms with Gasteiger partial charge >= 0.3 is 0 Å². The van der Waals surface area contributed by atoms with Gasteiger partial charge < -0.3 is 16.2 Å². The fourth-order valence-electron chi connectivity index (χ4n) is 1.97. The maximum atomic E-state index is 9.54. The number of nitrogens with two attached hydrogens (primary N) is 1. The van der Waals surface area contributed by atoms with Gasteiger partial charge in [0.05, 0.1) is 23.4 Å². The number of aliphatic hydroxyl groups excluding tert-OH is 1. The van der Waals surface area contributed by atoms with Crippen LogP contribution in [0.4, 0.5) is 11.4 Å². The van der Waals surface area contributed by atoms with Crippen LogP contribution in [0.3, 0.4) is 0 Å². The van der Waals surface area contributed by atoms with Gasteiger partial charge in [-0.1, -0.05) is 41.9 Å². The van der Waals surface area contributed by atoms with Crippen LogP contribution in [-0.2, 0) is 0 Å². The lowest BCUT2D eigenvalue weighted by atomic mass is 10.1. The third-order valence-corrected chi connectivity index (χ3v) is 3.39. The second kappa shape index (κ2) is 5.95. The van der Waals surface area contributed by atoms with E-state index in [1.165, 1.54) is 0 Å². The molecular weight excluding hydrogens is 260 g/mol. The SMILES string of the molecule is Cc1cc(N)c(Cl)cc1NC(CO)c1ccccc1. The van der Waals surface area contributed by atoms with Gasteiger partial charge in [-0.15, -0.1) is 0 Å². The smallest absolute Gasteiger partial charge is 0.0745 e. The van der Waals surface area contributed by atoms with Gasteiger partial charge in [0.25, 0.3) is 0 Å². The molecule has 2 aromatic rings. The predicted octanol–water partition coefficient (Wildman–Crippen LogP) is 3.38. The van der Waals surface area contributed by atoms with E-state index in [0.717, 1.165) is 16.8 Å². The van der Waals surface area contributed by atoms with Crippen molar-refractivity contribution in [2.24, 2.45) is 0 Å². The Bertz CT molecular complexity index is 558. The Labute approximate surface area is 118 Å². The Morgan fingerprint density at radius 3 is 2.58 bits per heavy atom. The maximum absolute atomic E-state index is 9.54. The van der Waals surface area contributed by atoms with Crippen molar-refractivity contribution in [1.29, 1.82) is 0 Å². The van der Waals surface area contributed by atoms with Crippen LogP contribution < -0.4 is 11.1 Å². The standard InChI is InChI=1S/C15H17ClN2O/c1-10-7-13(17)12(16)8-14(10)18-15(9-19)11-5-3-2-4-6-11/h2-8,15,18-19H,9,17H2,1H3.